The number of amides is 1. The van der Waals surface area contributed by atoms with E-state index in [4.69, 9.17) is 23.4 Å². The maximum Gasteiger partial charge on any atom is 0.449 e. The minimum absolute atomic E-state index is 0.000110. The molecule has 10 heteroatoms. The van der Waals surface area contributed by atoms with E-state index >= 15 is 0 Å². The topological polar surface area (TPSA) is 70.4 Å². The predicted octanol–water partition coefficient (Wildman–Crippen LogP) is 4.30. The Labute approximate surface area is 191 Å². The Morgan fingerprint density at radius 3 is 2.50 bits per heavy atom. The van der Waals surface area contributed by atoms with E-state index in [1.807, 2.05) is 0 Å². The van der Waals surface area contributed by atoms with Crippen LogP contribution in [0, 0.1) is 0 Å². The van der Waals surface area contributed by atoms with Crippen molar-refractivity contribution < 1.29 is 41.3 Å². The standard InChI is InChI=1S/C24H18F3NO6/c1-30-16-4-2-3-15-21(16)23(12-33-17-10-19-18(9-14(17)23)31-7-8-32-19)22(29)28(15)11-13-5-6-20(34-13)24(25,26)27/h2-6,9-10H,7-8,11-12H2,1H3. The summed E-state index contributed by atoms with van der Waals surface area (Å²) in [4.78, 5) is 15.5. The number of rotatable bonds is 3. The fourth-order valence-electron chi connectivity index (χ4n) is 4.89. The van der Waals surface area contributed by atoms with Crippen molar-refractivity contribution in [1.82, 2.24) is 0 Å². The highest BCUT2D eigenvalue weighted by Crippen LogP contribution is 2.57. The van der Waals surface area contributed by atoms with E-state index in [0.29, 0.717) is 53.0 Å². The molecule has 1 unspecified atom stereocenters. The maximum atomic E-state index is 14.0. The van der Waals surface area contributed by atoms with Gasteiger partial charge in [-0.15, -0.1) is 0 Å². The van der Waals surface area contributed by atoms with Crippen LogP contribution in [-0.4, -0.2) is 32.8 Å². The average Bonchev–Trinajstić information content (AvgIpc) is 3.51. The molecule has 6 rings (SSSR count). The Hall–Kier alpha value is -3.82. The average molecular weight is 473 g/mol. The summed E-state index contributed by atoms with van der Waals surface area (Å²) in [7, 11) is 1.50. The second-order valence-corrected chi connectivity index (χ2v) is 8.20. The van der Waals surface area contributed by atoms with Crippen LogP contribution in [0.1, 0.15) is 22.6 Å². The van der Waals surface area contributed by atoms with Crippen molar-refractivity contribution >= 4 is 11.6 Å². The molecule has 2 aromatic carbocycles. The van der Waals surface area contributed by atoms with Crippen LogP contribution in [0.15, 0.2) is 46.9 Å². The summed E-state index contributed by atoms with van der Waals surface area (Å²) >= 11 is 0. The molecule has 1 amide bonds. The highest BCUT2D eigenvalue weighted by Gasteiger charge is 2.59. The zero-order chi connectivity index (χ0) is 23.7. The van der Waals surface area contributed by atoms with Crippen LogP contribution in [0.3, 0.4) is 0 Å². The van der Waals surface area contributed by atoms with E-state index in [9.17, 15) is 18.0 Å². The van der Waals surface area contributed by atoms with Gasteiger partial charge in [-0.25, -0.2) is 0 Å². The van der Waals surface area contributed by atoms with E-state index in [1.165, 1.54) is 18.1 Å². The molecule has 0 saturated heterocycles. The minimum atomic E-state index is -4.62. The maximum absolute atomic E-state index is 14.0. The quantitative estimate of drug-likeness (QED) is 0.565. The predicted molar refractivity (Wildman–Crippen MR) is 112 cm³/mol. The number of alkyl halides is 3. The van der Waals surface area contributed by atoms with Crippen molar-refractivity contribution in [3.63, 3.8) is 0 Å². The molecule has 0 saturated carbocycles. The van der Waals surface area contributed by atoms with Crippen LogP contribution in [0.4, 0.5) is 18.9 Å². The first-order chi connectivity index (χ1) is 16.3. The minimum Gasteiger partial charge on any atom is -0.496 e. The molecule has 34 heavy (non-hydrogen) atoms. The van der Waals surface area contributed by atoms with E-state index in [-0.39, 0.29) is 24.8 Å². The van der Waals surface area contributed by atoms with Crippen molar-refractivity contribution in [3.8, 4) is 23.0 Å². The van der Waals surface area contributed by atoms with E-state index in [0.717, 1.165) is 6.07 Å². The molecule has 0 fully saturated rings. The van der Waals surface area contributed by atoms with Gasteiger partial charge in [-0.05, 0) is 30.3 Å². The van der Waals surface area contributed by atoms with Crippen molar-refractivity contribution in [2.75, 3.05) is 31.8 Å². The van der Waals surface area contributed by atoms with Crippen molar-refractivity contribution in [2.24, 2.45) is 0 Å². The fraction of sp³-hybridized carbons (Fsp3) is 0.292. The van der Waals surface area contributed by atoms with Gasteiger partial charge in [0.05, 0.1) is 19.3 Å². The summed E-state index contributed by atoms with van der Waals surface area (Å²) in [5, 5.41) is 0. The lowest BCUT2D eigenvalue weighted by Crippen LogP contribution is -2.42. The molecule has 0 bridgehead atoms. The molecular weight excluding hydrogens is 455 g/mol. The van der Waals surface area contributed by atoms with Gasteiger partial charge in [0.25, 0.3) is 0 Å². The number of furan rings is 1. The summed E-state index contributed by atoms with van der Waals surface area (Å²) < 4.78 is 67.1. The number of fused-ring (bicyclic) bond motifs is 5. The first-order valence-electron chi connectivity index (χ1n) is 10.6. The molecule has 3 aliphatic heterocycles. The summed E-state index contributed by atoms with van der Waals surface area (Å²) in [5.41, 5.74) is 0.429. The summed E-state index contributed by atoms with van der Waals surface area (Å²) in [6.07, 6.45) is -4.62. The van der Waals surface area contributed by atoms with Crippen molar-refractivity contribution in [1.29, 1.82) is 0 Å². The molecule has 0 aliphatic carbocycles. The lowest BCUT2D eigenvalue weighted by atomic mass is 9.76. The van der Waals surface area contributed by atoms with Gasteiger partial charge < -0.3 is 28.3 Å². The molecule has 176 valence electrons. The molecule has 1 atom stereocenters. The summed E-state index contributed by atoms with van der Waals surface area (Å²) in [6, 6.07) is 10.7. The summed E-state index contributed by atoms with van der Waals surface area (Å²) in [5.74, 6) is 0.510. The number of nitrogens with zero attached hydrogens (tertiary/aromatic N) is 1. The molecule has 3 aliphatic rings. The molecule has 1 spiro atoms. The number of hydrogen-bond acceptors (Lipinski definition) is 6. The molecule has 4 heterocycles. The molecular formula is C24H18F3NO6. The lowest BCUT2D eigenvalue weighted by Gasteiger charge is -2.25. The van der Waals surface area contributed by atoms with Crippen molar-refractivity contribution in [2.45, 2.75) is 18.1 Å². The normalized spacial score (nSPS) is 20.4. The fourth-order valence-corrected chi connectivity index (χ4v) is 4.89. The van der Waals surface area contributed by atoms with E-state index in [1.54, 1.807) is 30.3 Å². The van der Waals surface area contributed by atoms with Crippen LogP contribution in [0.25, 0.3) is 0 Å². The third kappa shape index (κ3) is 2.80. The second-order valence-electron chi connectivity index (χ2n) is 8.20. The highest BCUT2D eigenvalue weighted by molar-refractivity contribution is 6.12. The Balaban J connectivity index is 1.49. The Bertz CT molecular complexity index is 1320. The summed E-state index contributed by atoms with van der Waals surface area (Å²) in [6.45, 7) is 0.597. The second kappa shape index (κ2) is 7.09. The number of ether oxygens (including phenoxy) is 4. The third-order valence-corrected chi connectivity index (χ3v) is 6.36. The molecule has 7 nitrogen and oxygen atoms in total. The third-order valence-electron chi connectivity index (χ3n) is 6.36. The molecule has 1 aromatic heterocycles. The first-order valence-corrected chi connectivity index (χ1v) is 10.6. The highest BCUT2D eigenvalue weighted by atomic mass is 19.4. The van der Waals surface area contributed by atoms with Crippen LogP contribution < -0.4 is 23.8 Å². The number of benzene rings is 2. The Morgan fingerprint density at radius 2 is 1.79 bits per heavy atom. The Morgan fingerprint density at radius 1 is 1.03 bits per heavy atom. The number of carbonyl (C=O) groups excluding carboxylic acids is 1. The van der Waals surface area contributed by atoms with Gasteiger partial charge in [-0.1, -0.05) is 6.07 Å². The lowest BCUT2D eigenvalue weighted by molar-refractivity contribution is -0.153. The van der Waals surface area contributed by atoms with Crippen LogP contribution in [0.2, 0.25) is 0 Å². The van der Waals surface area contributed by atoms with Crippen LogP contribution in [0.5, 0.6) is 23.0 Å². The van der Waals surface area contributed by atoms with Crippen LogP contribution in [-0.2, 0) is 22.9 Å². The van der Waals surface area contributed by atoms with Gasteiger partial charge in [0, 0.05) is 17.2 Å². The number of hydrogen-bond donors (Lipinski definition) is 0. The SMILES string of the molecule is COc1cccc2c1C1(COc3cc4c(cc31)OCCO4)C(=O)N2Cc1ccc(C(F)(F)F)o1. The van der Waals surface area contributed by atoms with Crippen LogP contribution >= 0.6 is 0 Å². The van der Waals surface area contributed by atoms with Gasteiger partial charge >= 0.3 is 6.18 Å². The largest absolute Gasteiger partial charge is 0.496 e. The smallest absolute Gasteiger partial charge is 0.449 e. The van der Waals surface area contributed by atoms with Gasteiger partial charge in [0.2, 0.25) is 11.7 Å². The molecule has 3 aromatic rings. The van der Waals surface area contributed by atoms with Gasteiger partial charge in [0.1, 0.15) is 42.5 Å². The number of carbonyl (C=O) groups is 1. The number of halogens is 3. The first kappa shape index (κ1) is 20.8. The zero-order valence-electron chi connectivity index (χ0n) is 17.9. The van der Waals surface area contributed by atoms with E-state index < -0.39 is 17.4 Å². The molecule has 0 radical (unpaired) electrons. The number of methoxy groups -OCH3 is 1. The Kier molecular flexibility index (Phi) is 4.33. The van der Waals surface area contributed by atoms with E-state index in [2.05, 4.69) is 0 Å². The van der Waals surface area contributed by atoms with Gasteiger partial charge in [0.15, 0.2) is 11.5 Å². The molecule has 0 N–H and O–H groups in total. The number of anilines is 1. The van der Waals surface area contributed by atoms with Crippen molar-refractivity contribution in [3.05, 3.63) is 65.1 Å². The monoisotopic (exact) mass is 473 g/mol. The van der Waals surface area contributed by atoms with Gasteiger partial charge in [-0.3, -0.25) is 4.79 Å². The van der Waals surface area contributed by atoms with Gasteiger partial charge in [-0.2, -0.15) is 13.2 Å². The zero-order valence-corrected chi connectivity index (χ0v) is 17.9.